The Kier molecular flexibility index (Phi) is 8.85. The SMILES string of the molecule is CCOc1cc(/C=C2/SC(=Nc3c(C)cccc3C)N(CC)C2=O)ccc1OCc1ccc(Cl)c(Cl)c1. The van der Waals surface area contributed by atoms with Gasteiger partial charge in [-0.15, -0.1) is 0 Å². The van der Waals surface area contributed by atoms with Gasteiger partial charge in [-0.25, -0.2) is 4.99 Å². The maximum absolute atomic E-state index is 13.2. The van der Waals surface area contributed by atoms with Crippen LogP contribution in [0.15, 0.2) is 64.5 Å². The van der Waals surface area contributed by atoms with E-state index < -0.39 is 0 Å². The molecule has 37 heavy (non-hydrogen) atoms. The second-order valence-electron chi connectivity index (χ2n) is 8.47. The molecular formula is C29H28Cl2N2O3S. The molecular weight excluding hydrogens is 527 g/mol. The number of carbonyl (C=O) groups is 1. The largest absolute Gasteiger partial charge is 0.490 e. The van der Waals surface area contributed by atoms with Crippen LogP contribution in [0.5, 0.6) is 11.5 Å². The van der Waals surface area contributed by atoms with E-state index in [0.717, 1.165) is 27.9 Å². The van der Waals surface area contributed by atoms with Gasteiger partial charge in [-0.2, -0.15) is 0 Å². The van der Waals surface area contributed by atoms with Gasteiger partial charge in [0.05, 0.1) is 27.2 Å². The fourth-order valence-corrected chi connectivity index (χ4v) is 5.26. The van der Waals surface area contributed by atoms with Gasteiger partial charge in [0.25, 0.3) is 5.91 Å². The van der Waals surface area contributed by atoms with Crippen LogP contribution in [0.2, 0.25) is 10.0 Å². The third-order valence-electron chi connectivity index (χ3n) is 5.79. The van der Waals surface area contributed by atoms with E-state index in [9.17, 15) is 4.79 Å². The first-order chi connectivity index (χ1) is 17.8. The number of aryl methyl sites for hydroxylation is 2. The number of ether oxygens (including phenoxy) is 2. The molecule has 1 saturated heterocycles. The molecule has 0 saturated carbocycles. The van der Waals surface area contributed by atoms with Crippen molar-refractivity contribution in [2.75, 3.05) is 13.2 Å². The third-order valence-corrected chi connectivity index (χ3v) is 7.54. The van der Waals surface area contributed by atoms with Gasteiger partial charge in [0, 0.05) is 6.54 Å². The van der Waals surface area contributed by atoms with Crippen LogP contribution in [0.4, 0.5) is 5.69 Å². The number of likely N-dealkylation sites (N-methyl/N-ethyl adjacent to an activating group) is 1. The Morgan fingerprint density at radius 1 is 0.946 bits per heavy atom. The molecule has 0 N–H and O–H groups in total. The van der Waals surface area contributed by atoms with Crippen molar-refractivity contribution in [2.24, 2.45) is 4.99 Å². The Labute approximate surface area is 232 Å². The zero-order chi connectivity index (χ0) is 26.5. The Morgan fingerprint density at radius 2 is 1.70 bits per heavy atom. The number of benzene rings is 3. The summed E-state index contributed by atoms with van der Waals surface area (Å²) in [6.07, 6.45) is 1.87. The number of para-hydroxylation sites is 1. The van der Waals surface area contributed by atoms with Crippen molar-refractivity contribution < 1.29 is 14.3 Å². The Bertz CT molecular complexity index is 1370. The van der Waals surface area contributed by atoms with Gasteiger partial charge in [-0.3, -0.25) is 9.69 Å². The molecule has 0 aromatic heterocycles. The molecule has 0 spiro atoms. The monoisotopic (exact) mass is 554 g/mol. The molecule has 1 aliphatic rings. The molecule has 1 amide bonds. The van der Waals surface area contributed by atoms with Crippen LogP contribution in [0, 0.1) is 13.8 Å². The maximum atomic E-state index is 13.2. The van der Waals surface area contributed by atoms with Gasteiger partial charge >= 0.3 is 0 Å². The summed E-state index contributed by atoms with van der Waals surface area (Å²) >= 11 is 13.5. The fourth-order valence-electron chi connectivity index (χ4n) is 3.89. The van der Waals surface area contributed by atoms with Gasteiger partial charge < -0.3 is 9.47 Å². The molecule has 1 aliphatic heterocycles. The predicted molar refractivity (Wildman–Crippen MR) is 154 cm³/mol. The molecule has 4 rings (SSSR count). The molecule has 1 heterocycles. The van der Waals surface area contributed by atoms with Crippen LogP contribution in [0.3, 0.4) is 0 Å². The van der Waals surface area contributed by atoms with Crippen LogP contribution >= 0.6 is 35.0 Å². The lowest BCUT2D eigenvalue weighted by atomic mass is 10.1. The minimum Gasteiger partial charge on any atom is -0.490 e. The summed E-state index contributed by atoms with van der Waals surface area (Å²) < 4.78 is 11.9. The average molecular weight is 556 g/mol. The molecule has 0 unspecified atom stereocenters. The van der Waals surface area contributed by atoms with E-state index in [-0.39, 0.29) is 5.91 Å². The van der Waals surface area contributed by atoms with Gasteiger partial charge in [-0.1, -0.05) is 53.5 Å². The number of rotatable bonds is 8. The number of aliphatic imine (C=N–C) groups is 1. The summed E-state index contributed by atoms with van der Waals surface area (Å²) in [7, 11) is 0. The molecule has 0 bridgehead atoms. The topological polar surface area (TPSA) is 51.1 Å². The number of thioether (sulfide) groups is 1. The molecule has 0 atom stereocenters. The lowest BCUT2D eigenvalue weighted by Gasteiger charge is -2.13. The number of nitrogens with zero attached hydrogens (tertiary/aromatic N) is 2. The average Bonchev–Trinajstić information content (AvgIpc) is 3.16. The molecule has 3 aromatic carbocycles. The van der Waals surface area contributed by atoms with Crippen LogP contribution in [-0.4, -0.2) is 29.1 Å². The number of halogens is 2. The van der Waals surface area contributed by atoms with Crippen molar-refractivity contribution in [1.82, 2.24) is 4.90 Å². The number of hydrogen-bond donors (Lipinski definition) is 0. The second kappa shape index (κ2) is 12.1. The Morgan fingerprint density at radius 3 is 2.38 bits per heavy atom. The smallest absolute Gasteiger partial charge is 0.266 e. The van der Waals surface area contributed by atoms with Crippen LogP contribution in [0.25, 0.3) is 6.08 Å². The lowest BCUT2D eigenvalue weighted by Crippen LogP contribution is -2.28. The summed E-state index contributed by atoms with van der Waals surface area (Å²) in [4.78, 5) is 20.4. The van der Waals surface area contributed by atoms with E-state index in [1.54, 1.807) is 17.0 Å². The predicted octanol–water partition coefficient (Wildman–Crippen LogP) is 8.21. The van der Waals surface area contributed by atoms with Crippen molar-refractivity contribution >= 4 is 57.8 Å². The zero-order valence-corrected chi connectivity index (χ0v) is 23.5. The second-order valence-corrected chi connectivity index (χ2v) is 10.3. The van der Waals surface area contributed by atoms with Crippen molar-refractivity contribution in [3.8, 4) is 11.5 Å². The number of amides is 1. The molecule has 5 nitrogen and oxygen atoms in total. The normalized spacial score (nSPS) is 15.6. The van der Waals surface area contributed by atoms with E-state index in [4.69, 9.17) is 37.7 Å². The molecule has 0 aliphatic carbocycles. The summed E-state index contributed by atoms with van der Waals surface area (Å²) in [5.41, 5.74) is 4.79. The standard InChI is InChI=1S/C29H28Cl2N2O3S/c1-5-33-28(34)26(37-29(33)32-27-18(3)8-7-9-19(27)4)16-20-11-13-24(25(15-20)35-6-2)36-17-21-10-12-22(30)23(31)14-21/h7-16H,5-6,17H2,1-4H3/b26-16+,32-29?. The number of amidine groups is 1. The van der Waals surface area contributed by atoms with Crippen molar-refractivity contribution in [2.45, 2.75) is 34.3 Å². The molecule has 0 radical (unpaired) electrons. The van der Waals surface area contributed by atoms with Gasteiger partial charge in [0.15, 0.2) is 16.7 Å². The minimum atomic E-state index is -0.0598. The van der Waals surface area contributed by atoms with Gasteiger partial charge in [0.1, 0.15) is 6.61 Å². The van der Waals surface area contributed by atoms with Gasteiger partial charge in [0.2, 0.25) is 0 Å². The van der Waals surface area contributed by atoms with Crippen molar-refractivity contribution in [3.63, 3.8) is 0 Å². The van der Waals surface area contributed by atoms with E-state index in [0.29, 0.717) is 51.4 Å². The van der Waals surface area contributed by atoms with E-state index in [1.807, 2.05) is 76.2 Å². The van der Waals surface area contributed by atoms with Crippen LogP contribution in [0.1, 0.15) is 36.1 Å². The number of carbonyl (C=O) groups excluding carboxylic acids is 1. The number of hydrogen-bond acceptors (Lipinski definition) is 5. The summed E-state index contributed by atoms with van der Waals surface area (Å²) in [5, 5.41) is 1.67. The Balaban J connectivity index is 1.58. The summed E-state index contributed by atoms with van der Waals surface area (Å²) in [6, 6.07) is 17.1. The highest BCUT2D eigenvalue weighted by Crippen LogP contribution is 2.37. The molecule has 8 heteroatoms. The molecule has 192 valence electrons. The summed E-state index contributed by atoms with van der Waals surface area (Å²) in [6.45, 7) is 9.26. The van der Waals surface area contributed by atoms with E-state index in [2.05, 4.69) is 0 Å². The highest BCUT2D eigenvalue weighted by molar-refractivity contribution is 8.18. The zero-order valence-electron chi connectivity index (χ0n) is 21.2. The molecule has 1 fully saturated rings. The molecule has 3 aromatic rings. The van der Waals surface area contributed by atoms with E-state index >= 15 is 0 Å². The third kappa shape index (κ3) is 6.32. The summed E-state index contributed by atoms with van der Waals surface area (Å²) in [5.74, 6) is 1.15. The van der Waals surface area contributed by atoms with Crippen LogP contribution in [-0.2, 0) is 11.4 Å². The first-order valence-electron chi connectivity index (χ1n) is 12.0. The first kappa shape index (κ1) is 27.1. The van der Waals surface area contributed by atoms with Crippen molar-refractivity contribution in [1.29, 1.82) is 0 Å². The maximum Gasteiger partial charge on any atom is 0.266 e. The highest BCUT2D eigenvalue weighted by Gasteiger charge is 2.32. The highest BCUT2D eigenvalue weighted by atomic mass is 35.5. The van der Waals surface area contributed by atoms with Crippen molar-refractivity contribution in [3.05, 3.63) is 91.8 Å². The van der Waals surface area contributed by atoms with E-state index in [1.165, 1.54) is 11.8 Å². The Hall–Kier alpha value is -2.93. The van der Waals surface area contributed by atoms with Gasteiger partial charge in [-0.05, 0) is 92.1 Å². The first-order valence-corrected chi connectivity index (χ1v) is 13.6. The fraction of sp³-hybridized carbons (Fsp3) is 0.241. The quantitative estimate of drug-likeness (QED) is 0.263. The van der Waals surface area contributed by atoms with Crippen LogP contribution < -0.4 is 9.47 Å². The lowest BCUT2D eigenvalue weighted by molar-refractivity contribution is -0.122. The minimum absolute atomic E-state index is 0.0598.